The van der Waals surface area contributed by atoms with Crippen molar-refractivity contribution in [3.05, 3.63) is 45.9 Å². The van der Waals surface area contributed by atoms with E-state index in [0.29, 0.717) is 34.5 Å². The second-order valence-corrected chi connectivity index (χ2v) is 8.44. The third kappa shape index (κ3) is 3.82. The number of hydrogen-bond acceptors (Lipinski definition) is 5. The van der Waals surface area contributed by atoms with E-state index in [1.807, 2.05) is 32.0 Å². The van der Waals surface area contributed by atoms with E-state index < -0.39 is 5.56 Å². The maximum atomic E-state index is 13.0. The molecule has 1 aromatic carbocycles. The van der Waals surface area contributed by atoms with Gasteiger partial charge in [-0.1, -0.05) is 17.7 Å². The van der Waals surface area contributed by atoms with Crippen LogP contribution >= 0.6 is 11.8 Å². The molecule has 1 aliphatic carbocycles. The average molecular weight is 398 g/mol. The SMILES string of the molecule is Cc1ccc(NC(=O)Cn2ncc3c(c2=O)N(CC2CC2)C(=O)CS3)c(C)c1. The lowest BCUT2D eigenvalue weighted by Crippen LogP contribution is -2.43. The van der Waals surface area contributed by atoms with Gasteiger partial charge in [0, 0.05) is 12.2 Å². The van der Waals surface area contributed by atoms with Crippen molar-refractivity contribution >= 4 is 35.0 Å². The first-order chi connectivity index (χ1) is 13.4. The van der Waals surface area contributed by atoms with Crippen LogP contribution < -0.4 is 15.8 Å². The van der Waals surface area contributed by atoms with E-state index in [0.717, 1.165) is 28.7 Å². The summed E-state index contributed by atoms with van der Waals surface area (Å²) in [4.78, 5) is 40.1. The van der Waals surface area contributed by atoms with Gasteiger partial charge >= 0.3 is 0 Å². The minimum absolute atomic E-state index is 0.0565. The molecule has 2 aromatic rings. The van der Waals surface area contributed by atoms with Crippen LogP contribution in [0.15, 0.2) is 34.1 Å². The highest BCUT2D eigenvalue weighted by atomic mass is 32.2. The van der Waals surface area contributed by atoms with Crippen molar-refractivity contribution in [1.82, 2.24) is 9.78 Å². The first-order valence-corrected chi connectivity index (χ1v) is 10.3. The van der Waals surface area contributed by atoms with Crippen LogP contribution in [0.1, 0.15) is 24.0 Å². The highest BCUT2D eigenvalue weighted by Crippen LogP contribution is 2.36. The molecule has 2 aliphatic rings. The molecule has 0 saturated heterocycles. The number of nitrogens with one attached hydrogen (secondary N) is 1. The highest BCUT2D eigenvalue weighted by molar-refractivity contribution is 8.00. The van der Waals surface area contributed by atoms with E-state index in [1.165, 1.54) is 11.8 Å². The topological polar surface area (TPSA) is 84.3 Å². The Morgan fingerprint density at radius 1 is 1.29 bits per heavy atom. The number of fused-ring (bicyclic) bond motifs is 1. The number of carbonyl (C=O) groups excluding carboxylic acids is 2. The van der Waals surface area contributed by atoms with Crippen LogP contribution in [-0.4, -0.2) is 33.9 Å². The lowest BCUT2D eigenvalue weighted by Gasteiger charge is -2.28. The van der Waals surface area contributed by atoms with Crippen molar-refractivity contribution in [3.8, 4) is 0 Å². The van der Waals surface area contributed by atoms with E-state index >= 15 is 0 Å². The van der Waals surface area contributed by atoms with Gasteiger partial charge in [-0.15, -0.1) is 11.8 Å². The normalized spacial score (nSPS) is 16.1. The molecule has 8 heteroatoms. The van der Waals surface area contributed by atoms with E-state index in [4.69, 9.17) is 0 Å². The van der Waals surface area contributed by atoms with Crippen molar-refractivity contribution in [2.75, 3.05) is 22.5 Å². The predicted octanol–water partition coefficient (Wildman–Crippen LogP) is 2.35. The van der Waals surface area contributed by atoms with E-state index in [9.17, 15) is 14.4 Å². The fourth-order valence-electron chi connectivity index (χ4n) is 3.30. The first-order valence-electron chi connectivity index (χ1n) is 9.33. The summed E-state index contributed by atoms with van der Waals surface area (Å²) < 4.78 is 1.14. The molecule has 146 valence electrons. The molecule has 1 aromatic heterocycles. The number of aryl methyl sites for hydroxylation is 2. The van der Waals surface area contributed by atoms with Crippen LogP contribution in [0.2, 0.25) is 0 Å². The third-order valence-electron chi connectivity index (χ3n) is 4.99. The van der Waals surface area contributed by atoms with Crippen LogP contribution in [-0.2, 0) is 16.1 Å². The first kappa shape index (κ1) is 18.7. The minimum Gasteiger partial charge on any atom is -0.324 e. The number of thioether (sulfide) groups is 1. The summed E-state index contributed by atoms with van der Waals surface area (Å²) in [5, 5.41) is 6.98. The van der Waals surface area contributed by atoms with Crippen LogP contribution in [0, 0.1) is 19.8 Å². The van der Waals surface area contributed by atoms with Crippen LogP contribution in [0.4, 0.5) is 11.4 Å². The lowest BCUT2D eigenvalue weighted by molar-refractivity contribution is -0.117. The minimum atomic E-state index is -0.394. The number of rotatable bonds is 5. The summed E-state index contributed by atoms with van der Waals surface area (Å²) in [6.07, 6.45) is 3.76. The predicted molar refractivity (Wildman–Crippen MR) is 109 cm³/mol. The molecule has 0 spiro atoms. The quantitative estimate of drug-likeness (QED) is 0.836. The molecule has 7 nitrogen and oxygen atoms in total. The fourth-order valence-corrected chi connectivity index (χ4v) is 4.19. The smallest absolute Gasteiger partial charge is 0.292 e. The Hall–Kier alpha value is -2.61. The molecule has 0 atom stereocenters. The monoisotopic (exact) mass is 398 g/mol. The van der Waals surface area contributed by atoms with Crippen molar-refractivity contribution < 1.29 is 9.59 Å². The second-order valence-electron chi connectivity index (χ2n) is 7.42. The van der Waals surface area contributed by atoms with Gasteiger partial charge in [-0.3, -0.25) is 14.4 Å². The zero-order valence-corrected chi connectivity index (χ0v) is 16.7. The van der Waals surface area contributed by atoms with Crippen LogP contribution in [0.25, 0.3) is 0 Å². The fraction of sp³-hybridized carbons (Fsp3) is 0.400. The maximum absolute atomic E-state index is 13.0. The lowest BCUT2D eigenvalue weighted by atomic mass is 10.1. The number of amides is 2. The summed E-state index contributed by atoms with van der Waals surface area (Å²) in [5.41, 5.74) is 2.75. The molecule has 1 N–H and O–H groups in total. The highest BCUT2D eigenvalue weighted by Gasteiger charge is 2.34. The molecule has 4 rings (SSSR count). The standard InChI is InChI=1S/C20H22N4O3S/c1-12-3-6-15(13(2)7-12)22-17(25)10-24-20(27)19-16(8-21-24)28-11-18(26)23(19)9-14-4-5-14/h3,6-8,14H,4-5,9-11H2,1-2H3,(H,22,25). The van der Waals surface area contributed by atoms with Gasteiger partial charge in [0.25, 0.3) is 5.56 Å². The third-order valence-corrected chi connectivity index (χ3v) is 6.00. The van der Waals surface area contributed by atoms with Gasteiger partial charge in [0.1, 0.15) is 12.2 Å². The Bertz CT molecular complexity index is 1010. The van der Waals surface area contributed by atoms with Crippen molar-refractivity contribution in [2.45, 2.75) is 38.1 Å². The summed E-state index contributed by atoms with van der Waals surface area (Å²) in [5.74, 6) is 0.399. The van der Waals surface area contributed by atoms with Crippen molar-refractivity contribution in [2.24, 2.45) is 5.92 Å². The summed E-state index contributed by atoms with van der Waals surface area (Å²) in [6, 6.07) is 5.75. The Labute approximate surface area is 167 Å². The molecule has 1 aliphatic heterocycles. The molecule has 0 radical (unpaired) electrons. The van der Waals surface area contributed by atoms with Gasteiger partial charge in [0.2, 0.25) is 11.8 Å². The Morgan fingerprint density at radius 3 is 2.79 bits per heavy atom. The zero-order valence-electron chi connectivity index (χ0n) is 15.9. The molecule has 0 unspecified atom stereocenters. The van der Waals surface area contributed by atoms with E-state index in [1.54, 1.807) is 11.1 Å². The zero-order chi connectivity index (χ0) is 19.8. The molecule has 0 bridgehead atoms. The summed E-state index contributed by atoms with van der Waals surface area (Å²) >= 11 is 1.33. The van der Waals surface area contributed by atoms with Gasteiger partial charge in [-0.25, -0.2) is 4.68 Å². The number of benzene rings is 1. The summed E-state index contributed by atoms with van der Waals surface area (Å²) in [6.45, 7) is 4.28. The van der Waals surface area contributed by atoms with Crippen LogP contribution in [0.3, 0.4) is 0 Å². The van der Waals surface area contributed by atoms with Gasteiger partial charge in [-0.05, 0) is 44.2 Å². The maximum Gasteiger partial charge on any atom is 0.292 e. The molecule has 2 heterocycles. The molecular formula is C20H22N4O3S. The van der Waals surface area contributed by atoms with Crippen LogP contribution in [0.5, 0.6) is 0 Å². The Morgan fingerprint density at radius 2 is 2.07 bits per heavy atom. The number of carbonyl (C=O) groups is 2. The molecule has 1 saturated carbocycles. The molecular weight excluding hydrogens is 376 g/mol. The number of hydrogen-bond donors (Lipinski definition) is 1. The number of anilines is 2. The summed E-state index contributed by atoms with van der Waals surface area (Å²) in [7, 11) is 0. The van der Waals surface area contributed by atoms with Crippen molar-refractivity contribution in [1.29, 1.82) is 0 Å². The van der Waals surface area contributed by atoms with Gasteiger partial charge in [-0.2, -0.15) is 5.10 Å². The average Bonchev–Trinajstić information content (AvgIpc) is 3.46. The number of aromatic nitrogens is 2. The Kier molecular flexibility index (Phi) is 4.97. The number of nitrogens with zero attached hydrogens (tertiary/aromatic N) is 3. The van der Waals surface area contributed by atoms with E-state index in [2.05, 4.69) is 10.4 Å². The van der Waals surface area contributed by atoms with Crippen molar-refractivity contribution in [3.63, 3.8) is 0 Å². The van der Waals surface area contributed by atoms with Gasteiger partial charge in [0.15, 0.2) is 0 Å². The van der Waals surface area contributed by atoms with Gasteiger partial charge in [0.05, 0.1) is 16.8 Å². The molecule has 1 fully saturated rings. The molecule has 28 heavy (non-hydrogen) atoms. The largest absolute Gasteiger partial charge is 0.324 e. The van der Waals surface area contributed by atoms with E-state index in [-0.39, 0.29) is 18.4 Å². The van der Waals surface area contributed by atoms with Gasteiger partial charge < -0.3 is 10.2 Å². The molecule has 2 amide bonds. The second kappa shape index (κ2) is 7.43. The Balaban J connectivity index is 1.57.